The maximum absolute atomic E-state index is 12.3. The van der Waals surface area contributed by atoms with Crippen molar-refractivity contribution in [3.63, 3.8) is 0 Å². The van der Waals surface area contributed by atoms with Gasteiger partial charge < -0.3 is 15.5 Å². The van der Waals surface area contributed by atoms with Crippen LogP contribution in [0.25, 0.3) is 0 Å². The molecule has 4 nitrogen and oxygen atoms in total. The minimum absolute atomic E-state index is 0.0919. The topological polar surface area (TPSA) is 69.6 Å². The van der Waals surface area contributed by atoms with Crippen molar-refractivity contribution in [1.82, 2.24) is 5.32 Å². The van der Waals surface area contributed by atoms with E-state index in [0.717, 1.165) is 70.6 Å². The van der Waals surface area contributed by atoms with E-state index in [2.05, 4.69) is 79.9 Å². The van der Waals surface area contributed by atoms with E-state index in [9.17, 15) is 15.0 Å². The first-order chi connectivity index (χ1) is 23.7. The molecule has 0 heterocycles. The van der Waals surface area contributed by atoms with Gasteiger partial charge in [0.25, 0.3) is 0 Å². The van der Waals surface area contributed by atoms with Crippen molar-refractivity contribution in [2.24, 2.45) is 0 Å². The Bertz CT molecular complexity index is 853. The van der Waals surface area contributed by atoms with Gasteiger partial charge in [0.2, 0.25) is 5.91 Å². The van der Waals surface area contributed by atoms with Gasteiger partial charge in [0.15, 0.2) is 0 Å². The van der Waals surface area contributed by atoms with Gasteiger partial charge in [-0.1, -0.05) is 170 Å². The molecule has 0 aromatic carbocycles. The van der Waals surface area contributed by atoms with Crippen LogP contribution in [0.15, 0.2) is 72.9 Å². The number of carbonyl (C=O) groups is 1. The summed E-state index contributed by atoms with van der Waals surface area (Å²) in [6.45, 7) is 4.16. The van der Waals surface area contributed by atoms with E-state index in [1.54, 1.807) is 6.08 Å². The molecule has 0 saturated heterocycles. The molecule has 0 aliphatic carbocycles. The molecule has 1 amide bonds. The minimum atomic E-state index is -0.877. The Kier molecular flexibility index (Phi) is 37.5. The summed E-state index contributed by atoms with van der Waals surface area (Å²) in [4.78, 5) is 12.3. The number of carbonyl (C=O) groups excluding carboxylic acids is 1. The van der Waals surface area contributed by atoms with Crippen LogP contribution in [0.2, 0.25) is 0 Å². The van der Waals surface area contributed by atoms with Crippen LogP contribution >= 0.6 is 0 Å². The first kappa shape index (κ1) is 45.8. The highest BCUT2D eigenvalue weighted by molar-refractivity contribution is 5.76. The average molecular weight is 668 g/mol. The van der Waals surface area contributed by atoms with Gasteiger partial charge in [-0.2, -0.15) is 0 Å². The number of nitrogens with one attached hydrogen (secondary N) is 1. The Morgan fingerprint density at radius 1 is 0.521 bits per heavy atom. The third-order valence-electron chi connectivity index (χ3n) is 8.65. The van der Waals surface area contributed by atoms with Crippen molar-refractivity contribution < 1.29 is 15.0 Å². The Labute approximate surface area is 298 Å². The molecule has 4 heteroatoms. The van der Waals surface area contributed by atoms with Crippen LogP contribution in [-0.4, -0.2) is 34.9 Å². The van der Waals surface area contributed by atoms with Crippen molar-refractivity contribution in [2.75, 3.05) is 6.61 Å². The fourth-order valence-electron chi connectivity index (χ4n) is 5.58. The molecule has 0 aliphatic heterocycles. The molecular formula is C44H77NO3. The van der Waals surface area contributed by atoms with Gasteiger partial charge in [-0.3, -0.25) is 4.79 Å². The van der Waals surface area contributed by atoms with Crippen LogP contribution in [0.5, 0.6) is 0 Å². The van der Waals surface area contributed by atoms with E-state index in [4.69, 9.17) is 0 Å². The summed E-state index contributed by atoms with van der Waals surface area (Å²) in [7, 11) is 0. The summed E-state index contributed by atoms with van der Waals surface area (Å²) in [6.07, 6.45) is 55.7. The standard InChI is InChI=1S/C44H77NO3/c1-3-5-7-9-11-13-15-17-19-21-22-24-25-27-29-31-33-35-37-39-43(47)42(41-46)45-44(48)40-38-36-34-32-30-28-26-23-20-18-16-14-12-10-8-6-4-2/h6,8,12,14,18,20,22,24,29,31,37,39,42-43,46-47H,3-5,7,9-11,13,15-17,19,21,23,25-28,30,32-36,38,40-41H2,1-2H3,(H,45,48)/b8-6-,14-12-,20-18-,24-22+,31-29+,39-37+. The number of rotatable bonds is 35. The lowest BCUT2D eigenvalue weighted by Crippen LogP contribution is -2.45. The quantitative estimate of drug-likeness (QED) is 0.0465. The monoisotopic (exact) mass is 668 g/mol. The molecule has 0 aromatic rings. The molecule has 0 bridgehead atoms. The van der Waals surface area contributed by atoms with Crippen molar-refractivity contribution in [2.45, 2.75) is 193 Å². The third-order valence-corrected chi connectivity index (χ3v) is 8.65. The Morgan fingerprint density at radius 2 is 0.938 bits per heavy atom. The van der Waals surface area contributed by atoms with Crippen molar-refractivity contribution in [1.29, 1.82) is 0 Å². The van der Waals surface area contributed by atoms with Crippen LogP contribution in [0.1, 0.15) is 181 Å². The zero-order valence-corrected chi connectivity index (χ0v) is 31.5. The second kappa shape index (κ2) is 39.3. The number of amides is 1. The van der Waals surface area contributed by atoms with E-state index < -0.39 is 12.1 Å². The summed E-state index contributed by atoms with van der Waals surface area (Å²) in [5.74, 6) is -0.0919. The number of aliphatic hydroxyl groups is 2. The molecule has 2 atom stereocenters. The number of unbranched alkanes of at least 4 members (excludes halogenated alkanes) is 18. The summed E-state index contributed by atoms with van der Waals surface area (Å²) in [5, 5.41) is 22.9. The molecular weight excluding hydrogens is 590 g/mol. The average Bonchev–Trinajstić information content (AvgIpc) is 3.09. The molecule has 0 fully saturated rings. The van der Waals surface area contributed by atoms with Gasteiger partial charge in [-0.15, -0.1) is 0 Å². The minimum Gasteiger partial charge on any atom is -0.394 e. The van der Waals surface area contributed by atoms with Gasteiger partial charge >= 0.3 is 0 Å². The fraction of sp³-hybridized carbons (Fsp3) is 0.705. The van der Waals surface area contributed by atoms with Gasteiger partial charge in [0, 0.05) is 6.42 Å². The maximum Gasteiger partial charge on any atom is 0.220 e. The first-order valence-electron chi connectivity index (χ1n) is 20.2. The summed E-state index contributed by atoms with van der Waals surface area (Å²) in [6, 6.07) is -0.653. The lowest BCUT2D eigenvalue weighted by atomic mass is 10.1. The van der Waals surface area contributed by atoms with E-state index >= 15 is 0 Å². The molecule has 2 unspecified atom stereocenters. The van der Waals surface area contributed by atoms with Crippen LogP contribution in [0.4, 0.5) is 0 Å². The number of aliphatic hydroxyl groups excluding tert-OH is 2. The van der Waals surface area contributed by atoms with Crippen LogP contribution in [0.3, 0.4) is 0 Å². The highest BCUT2D eigenvalue weighted by Gasteiger charge is 2.17. The van der Waals surface area contributed by atoms with E-state index in [-0.39, 0.29) is 12.5 Å². The fourth-order valence-corrected chi connectivity index (χ4v) is 5.58. The second-order valence-corrected chi connectivity index (χ2v) is 13.3. The maximum atomic E-state index is 12.3. The van der Waals surface area contributed by atoms with Gasteiger partial charge in [0.1, 0.15) is 0 Å². The third kappa shape index (κ3) is 35.1. The Morgan fingerprint density at radius 3 is 1.46 bits per heavy atom. The van der Waals surface area contributed by atoms with Crippen molar-refractivity contribution in [3.8, 4) is 0 Å². The molecule has 276 valence electrons. The van der Waals surface area contributed by atoms with Crippen LogP contribution < -0.4 is 5.32 Å². The Hall–Kier alpha value is -2.17. The molecule has 48 heavy (non-hydrogen) atoms. The number of allylic oxidation sites excluding steroid dienone is 11. The van der Waals surface area contributed by atoms with Gasteiger partial charge in [0.05, 0.1) is 18.8 Å². The SMILES string of the molecule is CC/C=C\C/C=C\C/C=C\CCCCCCCCCC(=O)NC(CO)C(O)/C=C/CC/C=C/CC/C=C/CCCCCCCCCCC. The normalized spacial score (nSPS) is 13.8. The molecule has 0 aromatic heterocycles. The van der Waals surface area contributed by atoms with Crippen molar-refractivity contribution >= 4 is 5.91 Å². The zero-order chi connectivity index (χ0) is 35.0. The molecule has 0 rings (SSSR count). The molecule has 3 N–H and O–H groups in total. The van der Waals surface area contributed by atoms with Crippen LogP contribution in [-0.2, 0) is 4.79 Å². The van der Waals surface area contributed by atoms with E-state index in [1.807, 2.05) is 6.08 Å². The molecule has 0 saturated carbocycles. The largest absolute Gasteiger partial charge is 0.394 e. The van der Waals surface area contributed by atoms with E-state index in [1.165, 1.54) is 89.9 Å². The van der Waals surface area contributed by atoms with Gasteiger partial charge in [-0.05, 0) is 77.0 Å². The van der Waals surface area contributed by atoms with Crippen LogP contribution in [0, 0.1) is 0 Å². The number of hydrogen-bond donors (Lipinski definition) is 3. The second-order valence-electron chi connectivity index (χ2n) is 13.3. The lowest BCUT2D eigenvalue weighted by Gasteiger charge is -2.19. The predicted molar refractivity (Wildman–Crippen MR) is 211 cm³/mol. The summed E-state index contributed by atoms with van der Waals surface area (Å²) >= 11 is 0. The number of hydrogen-bond acceptors (Lipinski definition) is 3. The predicted octanol–water partition coefficient (Wildman–Crippen LogP) is 12.3. The summed E-state index contributed by atoms with van der Waals surface area (Å²) < 4.78 is 0. The summed E-state index contributed by atoms with van der Waals surface area (Å²) in [5.41, 5.74) is 0. The van der Waals surface area contributed by atoms with E-state index in [0.29, 0.717) is 6.42 Å². The zero-order valence-electron chi connectivity index (χ0n) is 31.5. The molecule has 0 radical (unpaired) electrons. The molecule has 0 spiro atoms. The smallest absolute Gasteiger partial charge is 0.220 e. The van der Waals surface area contributed by atoms with Gasteiger partial charge in [-0.25, -0.2) is 0 Å². The molecule has 0 aliphatic rings. The highest BCUT2D eigenvalue weighted by atomic mass is 16.3. The lowest BCUT2D eigenvalue weighted by molar-refractivity contribution is -0.123. The Balaban J connectivity index is 3.72. The highest BCUT2D eigenvalue weighted by Crippen LogP contribution is 2.12. The van der Waals surface area contributed by atoms with Crippen molar-refractivity contribution in [3.05, 3.63) is 72.9 Å². The first-order valence-corrected chi connectivity index (χ1v) is 20.2.